The van der Waals surface area contributed by atoms with E-state index in [9.17, 15) is 0 Å². The summed E-state index contributed by atoms with van der Waals surface area (Å²) in [6.07, 6.45) is 4.01. The highest BCUT2D eigenvalue weighted by atomic mass is 127. The Labute approximate surface area is 167 Å². The number of hydrogen-bond acceptors (Lipinski definition) is 4. The molecule has 2 atom stereocenters. The Morgan fingerprint density at radius 3 is 2.75 bits per heavy atom. The number of guanidine groups is 1. The molecule has 1 aromatic rings. The summed E-state index contributed by atoms with van der Waals surface area (Å²) in [5.41, 5.74) is 0. The third kappa shape index (κ3) is 6.15. The standard InChI is InChI=1S/C17H31N5S.HI/c1-6-14-9-20-16(23-14)7-8-19-17(18-5)21-15-11-22(12(2)3)10-13(15)4;/h9,12-13,15H,6-8,10-11H2,1-5H3,(H2,18,19,21);1H. The van der Waals surface area contributed by atoms with E-state index in [1.165, 1.54) is 9.88 Å². The predicted molar refractivity (Wildman–Crippen MR) is 115 cm³/mol. The summed E-state index contributed by atoms with van der Waals surface area (Å²) in [5.74, 6) is 1.54. The number of aromatic nitrogens is 1. The van der Waals surface area contributed by atoms with Gasteiger partial charge in [-0.05, 0) is 26.2 Å². The average Bonchev–Trinajstić information content (AvgIpc) is 3.13. The van der Waals surface area contributed by atoms with Crippen LogP contribution in [0.15, 0.2) is 11.2 Å². The summed E-state index contributed by atoms with van der Waals surface area (Å²) in [5, 5.41) is 8.21. The van der Waals surface area contributed by atoms with Crippen molar-refractivity contribution in [3.05, 3.63) is 16.1 Å². The maximum absolute atomic E-state index is 4.47. The first-order valence-corrected chi connectivity index (χ1v) is 9.50. The fraction of sp³-hybridized carbons (Fsp3) is 0.765. The van der Waals surface area contributed by atoms with E-state index < -0.39 is 0 Å². The molecule has 2 unspecified atom stereocenters. The highest BCUT2D eigenvalue weighted by Crippen LogP contribution is 2.18. The van der Waals surface area contributed by atoms with Gasteiger partial charge in [0.05, 0.1) is 5.01 Å². The molecule has 2 heterocycles. The average molecular weight is 465 g/mol. The molecule has 0 aliphatic carbocycles. The molecule has 0 bridgehead atoms. The number of likely N-dealkylation sites (tertiary alicyclic amines) is 1. The Morgan fingerprint density at radius 1 is 1.46 bits per heavy atom. The van der Waals surface area contributed by atoms with Crippen LogP contribution in [0, 0.1) is 5.92 Å². The van der Waals surface area contributed by atoms with Crippen molar-refractivity contribution in [1.82, 2.24) is 20.5 Å². The molecule has 2 rings (SSSR count). The maximum atomic E-state index is 4.47. The van der Waals surface area contributed by atoms with E-state index in [0.29, 0.717) is 18.0 Å². The van der Waals surface area contributed by atoms with Gasteiger partial charge in [0, 0.05) is 56.3 Å². The van der Waals surface area contributed by atoms with Gasteiger partial charge < -0.3 is 10.6 Å². The van der Waals surface area contributed by atoms with E-state index in [-0.39, 0.29) is 24.0 Å². The number of nitrogens with zero attached hydrogens (tertiary/aromatic N) is 3. The van der Waals surface area contributed by atoms with Crippen LogP contribution in [0.1, 0.15) is 37.6 Å². The van der Waals surface area contributed by atoms with Crippen molar-refractivity contribution in [3.8, 4) is 0 Å². The molecule has 24 heavy (non-hydrogen) atoms. The van der Waals surface area contributed by atoms with Crippen molar-refractivity contribution in [3.63, 3.8) is 0 Å². The number of thiazole rings is 1. The predicted octanol–water partition coefficient (Wildman–Crippen LogP) is 2.76. The Kier molecular flexibility index (Phi) is 9.51. The van der Waals surface area contributed by atoms with Crippen LogP contribution in [0.5, 0.6) is 0 Å². The molecule has 1 fully saturated rings. The Balaban J connectivity index is 0.00000288. The molecular formula is C17H32IN5S. The third-order valence-corrected chi connectivity index (χ3v) is 5.70. The molecule has 1 aliphatic heterocycles. The number of aryl methyl sites for hydroxylation is 1. The van der Waals surface area contributed by atoms with Crippen molar-refractivity contribution in [2.75, 3.05) is 26.7 Å². The van der Waals surface area contributed by atoms with Gasteiger partial charge in [-0.3, -0.25) is 9.89 Å². The molecule has 1 aliphatic rings. The number of halogens is 1. The van der Waals surface area contributed by atoms with Gasteiger partial charge in [-0.15, -0.1) is 35.3 Å². The zero-order chi connectivity index (χ0) is 16.8. The third-order valence-electron chi connectivity index (χ3n) is 4.50. The lowest BCUT2D eigenvalue weighted by atomic mass is 10.1. The number of nitrogens with one attached hydrogen (secondary N) is 2. The van der Waals surface area contributed by atoms with Gasteiger partial charge in [0.25, 0.3) is 0 Å². The zero-order valence-electron chi connectivity index (χ0n) is 15.5. The zero-order valence-corrected chi connectivity index (χ0v) is 18.6. The van der Waals surface area contributed by atoms with Crippen LogP contribution in [0.25, 0.3) is 0 Å². The molecule has 1 saturated heterocycles. The highest BCUT2D eigenvalue weighted by Gasteiger charge is 2.31. The summed E-state index contributed by atoms with van der Waals surface area (Å²) in [6, 6.07) is 1.08. The minimum Gasteiger partial charge on any atom is -0.356 e. The summed E-state index contributed by atoms with van der Waals surface area (Å²) in [7, 11) is 1.84. The molecule has 1 aromatic heterocycles. The second-order valence-corrected chi connectivity index (χ2v) is 7.80. The molecule has 7 heteroatoms. The molecule has 5 nitrogen and oxygen atoms in total. The van der Waals surface area contributed by atoms with Crippen molar-refractivity contribution >= 4 is 41.3 Å². The smallest absolute Gasteiger partial charge is 0.191 e. The van der Waals surface area contributed by atoms with Gasteiger partial charge in [-0.1, -0.05) is 13.8 Å². The molecule has 0 amide bonds. The van der Waals surface area contributed by atoms with Gasteiger partial charge in [0.15, 0.2) is 5.96 Å². The van der Waals surface area contributed by atoms with Gasteiger partial charge in [-0.2, -0.15) is 0 Å². The highest BCUT2D eigenvalue weighted by molar-refractivity contribution is 14.0. The van der Waals surface area contributed by atoms with Gasteiger partial charge in [0.1, 0.15) is 0 Å². The van der Waals surface area contributed by atoms with E-state index in [2.05, 4.69) is 53.2 Å². The Hall–Kier alpha value is -0.410. The van der Waals surface area contributed by atoms with Crippen molar-refractivity contribution in [1.29, 1.82) is 0 Å². The fourth-order valence-electron chi connectivity index (χ4n) is 2.90. The molecule has 138 valence electrons. The minimum atomic E-state index is 0. The minimum absolute atomic E-state index is 0. The fourth-order valence-corrected chi connectivity index (χ4v) is 3.76. The van der Waals surface area contributed by atoms with E-state index in [4.69, 9.17) is 0 Å². The summed E-state index contributed by atoms with van der Waals surface area (Å²) in [6.45, 7) is 12.1. The molecule has 0 radical (unpaired) electrons. The van der Waals surface area contributed by atoms with Crippen molar-refractivity contribution < 1.29 is 0 Å². The largest absolute Gasteiger partial charge is 0.356 e. The molecule has 0 saturated carbocycles. The topological polar surface area (TPSA) is 52.6 Å². The van der Waals surface area contributed by atoms with Crippen LogP contribution >= 0.6 is 35.3 Å². The first-order chi connectivity index (χ1) is 11.0. The van der Waals surface area contributed by atoms with Crippen LogP contribution in [0.4, 0.5) is 0 Å². The summed E-state index contributed by atoms with van der Waals surface area (Å²) >= 11 is 1.81. The lowest BCUT2D eigenvalue weighted by Crippen LogP contribution is -2.47. The summed E-state index contributed by atoms with van der Waals surface area (Å²) < 4.78 is 0. The normalized spacial score (nSPS) is 21.8. The monoisotopic (exact) mass is 465 g/mol. The quantitative estimate of drug-likeness (QED) is 0.386. The van der Waals surface area contributed by atoms with E-state index >= 15 is 0 Å². The SMILES string of the molecule is CCc1cnc(CCNC(=NC)NC2CN(C(C)C)CC2C)s1.I. The number of hydrogen-bond donors (Lipinski definition) is 2. The Morgan fingerprint density at radius 2 is 2.21 bits per heavy atom. The lowest BCUT2D eigenvalue weighted by Gasteiger charge is -2.21. The molecule has 2 N–H and O–H groups in total. The van der Waals surface area contributed by atoms with Gasteiger partial charge in [-0.25, -0.2) is 4.98 Å². The first kappa shape index (κ1) is 21.6. The van der Waals surface area contributed by atoms with Gasteiger partial charge >= 0.3 is 0 Å². The summed E-state index contributed by atoms with van der Waals surface area (Å²) in [4.78, 5) is 12.7. The molecule has 0 spiro atoms. The van der Waals surface area contributed by atoms with Crippen molar-refractivity contribution in [2.24, 2.45) is 10.9 Å². The second-order valence-electron chi connectivity index (χ2n) is 6.60. The lowest BCUT2D eigenvalue weighted by molar-refractivity contribution is 0.265. The van der Waals surface area contributed by atoms with Crippen LogP contribution in [0.3, 0.4) is 0 Å². The molecular weight excluding hydrogens is 433 g/mol. The van der Waals surface area contributed by atoms with Gasteiger partial charge in [0.2, 0.25) is 0 Å². The van der Waals surface area contributed by atoms with E-state index in [0.717, 1.165) is 38.4 Å². The van der Waals surface area contributed by atoms with Crippen molar-refractivity contribution in [2.45, 2.75) is 52.6 Å². The second kappa shape index (κ2) is 10.6. The van der Waals surface area contributed by atoms with E-state index in [1.54, 1.807) is 0 Å². The van der Waals surface area contributed by atoms with E-state index in [1.807, 2.05) is 24.6 Å². The Bertz CT molecular complexity index is 517. The van der Waals surface area contributed by atoms with Crippen LogP contribution < -0.4 is 10.6 Å². The van der Waals surface area contributed by atoms with Crippen LogP contribution in [-0.2, 0) is 12.8 Å². The maximum Gasteiger partial charge on any atom is 0.191 e. The number of rotatable bonds is 6. The van der Waals surface area contributed by atoms with Crippen LogP contribution in [-0.4, -0.2) is 54.6 Å². The first-order valence-electron chi connectivity index (χ1n) is 8.68. The number of aliphatic imine (C=N–C) groups is 1. The molecule has 0 aromatic carbocycles. The van der Waals surface area contributed by atoms with Crippen LogP contribution in [0.2, 0.25) is 0 Å².